The van der Waals surface area contributed by atoms with E-state index in [9.17, 15) is 18.0 Å². The summed E-state index contributed by atoms with van der Waals surface area (Å²) in [7, 11) is -2.26. The van der Waals surface area contributed by atoms with Gasteiger partial charge in [0.1, 0.15) is 12.6 Å². The van der Waals surface area contributed by atoms with E-state index in [-0.39, 0.29) is 18.1 Å². The Morgan fingerprint density at radius 3 is 2.33 bits per heavy atom. The molecule has 0 aliphatic carbocycles. The molecule has 1 N–H and O–H groups in total. The molecule has 1 atom stereocenters. The topological polar surface area (TPSA) is 86.8 Å². The Hall–Kier alpha value is -2.58. The van der Waals surface area contributed by atoms with Crippen molar-refractivity contribution in [3.63, 3.8) is 0 Å². The van der Waals surface area contributed by atoms with Crippen LogP contribution >= 0.6 is 11.6 Å². The number of nitrogens with one attached hydrogen (secondary N) is 1. The summed E-state index contributed by atoms with van der Waals surface area (Å²) < 4.78 is 25.7. The van der Waals surface area contributed by atoms with Crippen LogP contribution in [0.15, 0.2) is 54.6 Å². The third-order valence-electron chi connectivity index (χ3n) is 4.67. The number of hydrogen-bond donors (Lipinski definition) is 1. The van der Waals surface area contributed by atoms with Gasteiger partial charge >= 0.3 is 0 Å². The zero-order valence-electron chi connectivity index (χ0n) is 17.2. The van der Waals surface area contributed by atoms with E-state index in [2.05, 4.69) is 5.32 Å². The van der Waals surface area contributed by atoms with Gasteiger partial charge in [-0.15, -0.1) is 0 Å². The highest BCUT2D eigenvalue weighted by Gasteiger charge is 2.29. The molecule has 30 heavy (non-hydrogen) atoms. The first-order chi connectivity index (χ1) is 14.1. The number of anilines is 1. The number of likely N-dealkylation sites (N-methyl/N-ethyl adjacent to an activating group) is 1. The molecule has 0 unspecified atom stereocenters. The molecule has 7 nitrogen and oxygen atoms in total. The molecular formula is C21H26ClN3O4S. The average molecular weight is 452 g/mol. The smallest absolute Gasteiger partial charge is 0.244 e. The van der Waals surface area contributed by atoms with E-state index in [0.29, 0.717) is 11.4 Å². The Morgan fingerprint density at radius 1 is 1.10 bits per heavy atom. The van der Waals surface area contributed by atoms with Gasteiger partial charge in [0.2, 0.25) is 21.8 Å². The molecule has 2 rings (SSSR count). The number of benzene rings is 2. The van der Waals surface area contributed by atoms with E-state index in [1.807, 2.05) is 30.3 Å². The molecule has 0 spiro atoms. The first kappa shape index (κ1) is 23.7. The number of carbonyl (C=O) groups is 2. The number of sulfonamides is 1. The van der Waals surface area contributed by atoms with E-state index < -0.39 is 28.5 Å². The van der Waals surface area contributed by atoms with Crippen molar-refractivity contribution in [1.82, 2.24) is 10.2 Å². The van der Waals surface area contributed by atoms with Crippen molar-refractivity contribution in [2.24, 2.45) is 0 Å². The van der Waals surface area contributed by atoms with Gasteiger partial charge in [0.05, 0.1) is 11.9 Å². The predicted octanol–water partition coefficient (Wildman–Crippen LogP) is 2.31. The summed E-state index contributed by atoms with van der Waals surface area (Å²) in [6.45, 7) is 1.45. The van der Waals surface area contributed by atoms with Crippen molar-refractivity contribution in [2.45, 2.75) is 19.4 Å². The molecular weight excluding hydrogens is 426 g/mol. The zero-order valence-corrected chi connectivity index (χ0v) is 18.8. The van der Waals surface area contributed by atoms with Crippen molar-refractivity contribution >= 4 is 39.1 Å². The second kappa shape index (κ2) is 10.4. The number of carbonyl (C=O) groups excluding carboxylic acids is 2. The lowest BCUT2D eigenvalue weighted by molar-refractivity contribution is -0.138. The Kier molecular flexibility index (Phi) is 8.25. The molecule has 0 aliphatic heterocycles. The van der Waals surface area contributed by atoms with Gasteiger partial charge in [-0.2, -0.15) is 0 Å². The highest BCUT2D eigenvalue weighted by atomic mass is 35.5. The number of amides is 2. The van der Waals surface area contributed by atoms with Crippen molar-refractivity contribution in [2.75, 3.05) is 30.7 Å². The maximum Gasteiger partial charge on any atom is 0.244 e. The van der Waals surface area contributed by atoms with Crippen LogP contribution in [0, 0.1) is 0 Å². The van der Waals surface area contributed by atoms with Gasteiger partial charge in [-0.3, -0.25) is 13.9 Å². The largest absolute Gasteiger partial charge is 0.357 e. The fourth-order valence-electron chi connectivity index (χ4n) is 3.02. The zero-order chi connectivity index (χ0) is 22.3. The predicted molar refractivity (Wildman–Crippen MR) is 119 cm³/mol. The standard InChI is InChI=1S/C21H26ClN3O4S/c1-16(21(27)23-2)24(13-12-17-8-5-4-6-9-17)20(26)15-25(30(3,28)29)19-11-7-10-18(22)14-19/h4-11,14,16H,12-13,15H2,1-3H3,(H,23,27)/t16-/m0/s1. The number of hydrogen-bond acceptors (Lipinski definition) is 4. The van der Waals surface area contributed by atoms with E-state index in [0.717, 1.165) is 16.1 Å². The Bertz CT molecular complexity index is 983. The summed E-state index contributed by atoms with van der Waals surface area (Å²) in [6.07, 6.45) is 1.56. The van der Waals surface area contributed by atoms with Gasteiger partial charge in [0, 0.05) is 18.6 Å². The normalized spacial score (nSPS) is 12.1. The maximum atomic E-state index is 13.1. The lowest BCUT2D eigenvalue weighted by Gasteiger charge is -2.31. The van der Waals surface area contributed by atoms with Crippen LogP contribution in [0.2, 0.25) is 5.02 Å². The van der Waals surface area contributed by atoms with Crippen molar-refractivity contribution in [1.29, 1.82) is 0 Å². The van der Waals surface area contributed by atoms with Crippen molar-refractivity contribution in [3.05, 3.63) is 65.2 Å². The molecule has 2 aromatic rings. The van der Waals surface area contributed by atoms with Gasteiger partial charge in [-0.05, 0) is 37.1 Å². The number of rotatable bonds is 9. The van der Waals surface area contributed by atoms with Crippen LogP contribution in [0.3, 0.4) is 0 Å². The molecule has 0 saturated carbocycles. The second-order valence-electron chi connectivity index (χ2n) is 6.86. The molecule has 0 aromatic heterocycles. The van der Waals surface area contributed by atoms with Crippen LogP contribution in [0.4, 0.5) is 5.69 Å². The third-order valence-corrected chi connectivity index (χ3v) is 6.05. The lowest BCUT2D eigenvalue weighted by Crippen LogP contribution is -2.51. The minimum absolute atomic E-state index is 0.268. The summed E-state index contributed by atoms with van der Waals surface area (Å²) in [6, 6.07) is 15.1. The number of halogens is 1. The van der Waals surface area contributed by atoms with Gasteiger partial charge in [-0.1, -0.05) is 48.0 Å². The molecule has 9 heteroatoms. The van der Waals surface area contributed by atoms with Crippen LogP contribution in [0.1, 0.15) is 12.5 Å². The minimum Gasteiger partial charge on any atom is -0.357 e. The van der Waals surface area contributed by atoms with Gasteiger partial charge in [0.25, 0.3) is 0 Å². The molecule has 0 bridgehead atoms. The summed E-state index contributed by atoms with van der Waals surface area (Å²) in [5.41, 5.74) is 1.29. The molecule has 2 aromatic carbocycles. The molecule has 162 valence electrons. The summed E-state index contributed by atoms with van der Waals surface area (Å²) in [4.78, 5) is 26.8. The Labute approximate surface area is 182 Å². The fourth-order valence-corrected chi connectivity index (χ4v) is 4.05. The first-order valence-corrected chi connectivity index (χ1v) is 11.6. The SMILES string of the molecule is CNC(=O)[C@H](C)N(CCc1ccccc1)C(=O)CN(c1cccc(Cl)c1)S(C)(=O)=O. The highest BCUT2D eigenvalue weighted by Crippen LogP contribution is 2.22. The maximum absolute atomic E-state index is 13.1. The summed E-state index contributed by atoms with van der Waals surface area (Å²) >= 11 is 6.00. The lowest BCUT2D eigenvalue weighted by atomic mass is 10.1. The summed E-state index contributed by atoms with van der Waals surface area (Å²) in [5, 5.41) is 2.89. The van der Waals surface area contributed by atoms with Crippen molar-refractivity contribution < 1.29 is 18.0 Å². The van der Waals surface area contributed by atoms with Crippen molar-refractivity contribution in [3.8, 4) is 0 Å². The van der Waals surface area contributed by atoms with Crippen LogP contribution in [-0.2, 0) is 26.0 Å². The van der Waals surface area contributed by atoms with Crippen LogP contribution in [0.25, 0.3) is 0 Å². The van der Waals surface area contributed by atoms with Crippen LogP contribution < -0.4 is 9.62 Å². The van der Waals surface area contributed by atoms with Crippen LogP contribution in [-0.4, -0.2) is 57.6 Å². The molecule has 0 aliphatic rings. The van der Waals surface area contributed by atoms with Gasteiger partial charge < -0.3 is 10.2 Å². The average Bonchev–Trinajstić information content (AvgIpc) is 2.71. The van der Waals surface area contributed by atoms with E-state index in [1.165, 1.54) is 18.0 Å². The fraction of sp³-hybridized carbons (Fsp3) is 0.333. The molecule has 2 amide bonds. The van der Waals surface area contributed by atoms with Gasteiger partial charge in [-0.25, -0.2) is 8.42 Å². The van der Waals surface area contributed by atoms with E-state index >= 15 is 0 Å². The molecule has 0 fully saturated rings. The second-order valence-corrected chi connectivity index (χ2v) is 9.21. The Balaban J connectivity index is 2.28. The quantitative estimate of drug-likeness (QED) is 0.633. The Morgan fingerprint density at radius 2 is 1.77 bits per heavy atom. The van der Waals surface area contributed by atoms with Gasteiger partial charge in [0.15, 0.2) is 0 Å². The minimum atomic E-state index is -3.76. The van der Waals surface area contributed by atoms with E-state index in [1.54, 1.807) is 25.1 Å². The number of nitrogens with zero attached hydrogens (tertiary/aromatic N) is 2. The van der Waals surface area contributed by atoms with Crippen LogP contribution in [0.5, 0.6) is 0 Å². The molecule has 0 radical (unpaired) electrons. The third kappa shape index (κ3) is 6.47. The summed E-state index contributed by atoms with van der Waals surface area (Å²) in [5.74, 6) is -0.808. The monoisotopic (exact) mass is 451 g/mol. The highest BCUT2D eigenvalue weighted by molar-refractivity contribution is 7.92. The van der Waals surface area contributed by atoms with E-state index in [4.69, 9.17) is 11.6 Å². The molecule has 0 heterocycles. The first-order valence-electron chi connectivity index (χ1n) is 9.41. The molecule has 0 saturated heterocycles.